The van der Waals surface area contributed by atoms with E-state index in [4.69, 9.17) is 16.7 Å². The van der Waals surface area contributed by atoms with E-state index in [0.717, 1.165) is 17.9 Å². The van der Waals surface area contributed by atoms with E-state index in [1.54, 1.807) is 16.8 Å². The molecule has 0 bridgehead atoms. The van der Waals surface area contributed by atoms with Crippen molar-refractivity contribution >= 4 is 30.0 Å². The molecule has 1 aliphatic heterocycles. The van der Waals surface area contributed by atoms with Crippen LogP contribution in [0, 0.1) is 5.92 Å². The van der Waals surface area contributed by atoms with Crippen molar-refractivity contribution in [2.75, 3.05) is 13.1 Å². The van der Waals surface area contributed by atoms with Gasteiger partial charge in [-0.25, -0.2) is 4.68 Å². The highest BCUT2D eigenvalue weighted by molar-refractivity contribution is 6.30. The van der Waals surface area contributed by atoms with Crippen molar-refractivity contribution in [3.8, 4) is 5.69 Å². The Morgan fingerprint density at radius 2 is 2.09 bits per heavy atom. The molecule has 1 atom stereocenters. The van der Waals surface area contributed by atoms with Gasteiger partial charge in [0.25, 0.3) is 0 Å². The smallest absolute Gasteiger partial charge is 0.307 e. The van der Waals surface area contributed by atoms with E-state index >= 15 is 0 Å². The normalized spacial score (nSPS) is 18.1. The number of hydrogen-bond acceptors (Lipinski definition) is 4. The summed E-state index contributed by atoms with van der Waals surface area (Å²) >= 11 is 5.86. The van der Waals surface area contributed by atoms with Gasteiger partial charge in [0.1, 0.15) is 0 Å². The molecule has 0 saturated carbocycles. The Morgan fingerprint density at radius 1 is 1.36 bits per heavy atom. The van der Waals surface area contributed by atoms with Crippen LogP contribution in [-0.2, 0) is 11.3 Å². The number of aromatic nitrogens is 3. The van der Waals surface area contributed by atoms with E-state index < -0.39 is 5.97 Å². The lowest BCUT2D eigenvalue weighted by Gasteiger charge is -2.12. The molecule has 1 aliphatic rings. The highest BCUT2D eigenvalue weighted by Crippen LogP contribution is 2.18. The van der Waals surface area contributed by atoms with Crippen LogP contribution in [0.5, 0.6) is 0 Å². The third-order valence-electron chi connectivity index (χ3n) is 3.64. The van der Waals surface area contributed by atoms with E-state index in [1.807, 2.05) is 18.3 Å². The van der Waals surface area contributed by atoms with Crippen LogP contribution in [0.1, 0.15) is 12.1 Å². The van der Waals surface area contributed by atoms with Crippen LogP contribution >= 0.6 is 24.0 Å². The second-order valence-corrected chi connectivity index (χ2v) is 5.63. The van der Waals surface area contributed by atoms with Crippen molar-refractivity contribution in [1.82, 2.24) is 19.9 Å². The van der Waals surface area contributed by atoms with Crippen LogP contribution in [0.3, 0.4) is 0 Å². The van der Waals surface area contributed by atoms with Gasteiger partial charge in [0.2, 0.25) is 0 Å². The van der Waals surface area contributed by atoms with Crippen molar-refractivity contribution in [3.63, 3.8) is 0 Å². The monoisotopic (exact) mass is 342 g/mol. The molecule has 0 radical (unpaired) electrons. The predicted molar refractivity (Wildman–Crippen MR) is 84.6 cm³/mol. The lowest BCUT2D eigenvalue weighted by Crippen LogP contribution is -2.22. The number of halogens is 2. The van der Waals surface area contributed by atoms with Crippen molar-refractivity contribution in [2.45, 2.75) is 13.0 Å². The summed E-state index contributed by atoms with van der Waals surface area (Å²) in [5.74, 6) is -0.987. The second-order valence-electron chi connectivity index (χ2n) is 5.19. The molecule has 3 rings (SSSR count). The Hall–Kier alpha value is -1.63. The van der Waals surface area contributed by atoms with Gasteiger partial charge >= 0.3 is 5.97 Å². The summed E-state index contributed by atoms with van der Waals surface area (Å²) in [4.78, 5) is 13.0. The summed E-state index contributed by atoms with van der Waals surface area (Å²) in [5.41, 5.74) is 1.72. The maximum absolute atomic E-state index is 10.9. The van der Waals surface area contributed by atoms with Crippen LogP contribution < -0.4 is 0 Å². The Labute approximate surface area is 139 Å². The molecule has 0 aliphatic carbocycles. The summed E-state index contributed by atoms with van der Waals surface area (Å²) in [5, 5.41) is 17.9. The Kier molecular flexibility index (Phi) is 5.39. The minimum Gasteiger partial charge on any atom is -0.481 e. The molecule has 2 heterocycles. The standard InChI is InChI=1S/C14H15ClN4O2.ClH/c15-11-1-3-13(4-2-11)19-9-12(16-17-19)8-18-6-5-10(7-18)14(20)21;/h1-4,9-10H,5-8H2,(H,20,21);1H. The number of likely N-dealkylation sites (tertiary alicyclic amines) is 1. The van der Waals surface area contributed by atoms with Crippen LogP contribution in [0.2, 0.25) is 5.02 Å². The molecule has 6 nitrogen and oxygen atoms in total. The van der Waals surface area contributed by atoms with E-state index in [0.29, 0.717) is 24.5 Å². The number of rotatable bonds is 4. The first-order chi connectivity index (χ1) is 10.1. The number of carbonyl (C=O) groups is 1. The number of carboxylic acids is 1. The summed E-state index contributed by atoms with van der Waals surface area (Å²) in [6, 6.07) is 7.35. The number of hydrogen-bond donors (Lipinski definition) is 1. The van der Waals surface area contributed by atoms with Gasteiger partial charge in [-0.05, 0) is 37.2 Å². The maximum Gasteiger partial charge on any atom is 0.307 e. The van der Waals surface area contributed by atoms with Crippen molar-refractivity contribution in [2.24, 2.45) is 5.92 Å². The average Bonchev–Trinajstić information content (AvgIpc) is 3.10. The minimum atomic E-state index is -0.720. The summed E-state index contributed by atoms with van der Waals surface area (Å²) < 4.78 is 1.69. The van der Waals surface area contributed by atoms with Gasteiger partial charge in [0.15, 0.2) is 0 Å². The van der Waals surface area contributed by atoms with Crippen molar-refractivity contribution < 1.29 is 9.90 Å². The average molecular weight is 343 g/mol. The predicted octanol–water partition coefficient (Wildman–Crippen LogP) is 2.25. The lowest BCUT2D eigenvalue weighted by molar-refractivity contribution is -0.141. The fourth-order valence-corrected chi connectivity index (χ4v) is 2.62. The highest BCUT2D eigenvalue weighted by Gasteiger charge is 2.28. The molecule has 1 unspecified atom stereocenters. The minimum absolute atomic E-state index is 0. The molecule has 22 heavy (non-hydrogen) atoms. The first-order valence-electron chi connectivity index (χ1n) is 6.74. The Balaban J connectivity index is 0.00000176. The van der Waals surface area contributed by atoms with Crippen molar-refractivity contribution in [3.05, 3.63) is 41.2 Å². The van der Waals surface area contributed by atoms with Gasteiger partial charge in [-0.15, -0.1) is 17.5 Å². The highest BCUT2D eigenvalue weighted by atomic mass is 35.5. The van der Waals surface area contributed by atoms with E-state index in [2.05, 4.69) is 15.2 Å². The SMILES string of the molecule is Cl.O=C(O)C1CCN(Cc2cn(-c3ccc(Cl)cc3)nn2)C1. The quantitative estimate of drug-likeness (QED) is 0.922. The van der Waals surface area contributed by atoms with Crippen LogP contribution in [-0.4, -0.2) is 44.1 Å². The second kappa shape index (κ2) is 7.09. The van der Waals surface area contributed by atoms with E-state index in [-0.39, 0.29) is 18.3 Å². The van der Waals surface area contributed by atoms with Gasteiger partial charge in [0.05, 0.1) is 23.5 Å². The largest absolute Gasteiger partial charge is 0.481 e. The summed E-state index contributed by atoms with van der Waals surface area (Å²) in [7, 11) is 0. The Bertz CT molecular complexity index is 645. The lowest BCUT2D eigenvalue weighted by atomic mass is 10.1. The Morgan fingerprint density at radius 3 is 2.73 bits per heavy atom. The molecule has 1 saturated heterocycles. The summed E-state index contributed by atoms with van der Waals surface area (Å²) in [6.45, 7) is 1.98. The zero-order chi connectivity index (χ0) is 14.8. The van der Waals surface area contributed by atoms with E-state index in [9.17, 15) is 4.79 Å². The molecule has 2 aromatic rings. The first kappa shape index (κ1) is 16.7. The molecule has 1 N–H and O–H groups in total. The zero-order valence-corrected chi connectivity index (χ0v) is 13.3. The third-order valence-corrected chi connectivity index (χ3v) is 3.89. The molecule has 1 fully saturated rings. The maximum atomic E-state index is 10.9. The molecule has 118 valence electrons. The fraction of sp³-hybridized carbons (Fsp3) is 0.357. The zero-order valence-electron chi connectivity index (χ0n) is 11.7. The van der Waals surface area contributed by atoms with Gasteiger partial charge in [-0.2, -0.15) is 0 Å². The van der Waals surface area contributed by atoms with Gasteiger partial charge in [0, 0.05) is 18.1 Å². The number of nitrogens with zero attached hydrogens (tertiary/aromatic N) is 4. The van der Waals surface area contributed by atoms with Gasteiger partial charge in [-0.1, -0.05) is 16.8 Å². The molecule has 0 spiro atoms. The van der Waals surface area contributed by atoms with Crippen LogP contribution in [0.4, 0.5) is 0 Å². The fourth-order valence-electron chi connectivity index (χ4n) is 2.50. The van der Waals surface area contributed by atoms with Crippen LogP contribution in [0.25, 0.3) is 5.69 Å². The number of benzene rings is 1. The number of aliphatic carboxylic acids is 1. The molecule has 0 amide bonds. The summed E-state index contributed by atoms with van der Waals surface area (Å²) in [6.07, 6.45) is 2.55. The molecule has 1 aromatic carbocycles. The van der Waals surface area contributed by atoms with Crippen LogP contribution in [0.15, 0.2) is 30.5 Å². The topological polar surface area (TPSA) is 71.2 Å². The molecule has 8 heteroatoms. The van der Waals surface area contributed by atoms with Gasteiger partial charge in [-0.3, -0.25) is 9.69 Å². The molecule has 1 aromatic heterocycles. The van der Waals surface area contributed by atoms with Gasteiger partial charge < -0.3 is 5.11 Å². The van der Waals surface area contributed by atoms with E-state index in [1.165, 1.54) is 0 Å². The third kappa shape index (κ3) is 3.76. The molecular formula is C14H16Cl2N4O2. The molecular weight excluding hydrogens is 327 g/mol. The van der Waals surface area contributed by atoms with Crippen molar-refractivity contribution in [1.29, 1.82) is 0 Å². The number of carboxylic acid groups (broad SMARTS) is 1. The first-order valence-corrected chi connectivity index (χ1v) is 7.12.